The van der Waals surface area contributed by atoms with Crippen molar-refractivity contribution in [2.45, 2.75) is 48.8 Å². The molecule has 0 radical (unpaired) electrons. The highest BCUT2D eigenvalue weighted by molar-refractivity contribution is 7.81. The van der Waals surface area contributed by atoms with Crippen molar-refractivity contribution in [3.05, 3.63) is 35.9 Å². The minimum atomic E-state index is -4.75. The zero-order valence-corrected chi connectivity index (χ0v) is 15.9. The van der Waals surface area contributed by atoms with Crippen molar-refractivity contribution in [1.82, 2.24) is 4.90 Å². The number of benzene rings is 1. The molecule has 1 aromatic rings. The molecule has 1 saturated heterocycles. The number of ether oxygens (including phenoxy) is 1. The Bertz CT molecular complexity index is 1010. The highest BCUT2D eigenvalue weighted by atomic mass is 32.3. The number of Topliss-reactive ketones (excluding diaryl/α,β-unsaturated/α-hetero) is 1. The van der Waals surface area contributed by atoms with E-state index in [1.54, 1.807) is 6.07 Å². The molecule has 2 bridgehead atoms. The maximum Gasteiger partial charge on any atom is 0.446 e. The zero-order chi connectivity index (χ0) is 19.9. The Morgan fingerprint density at radius 1 is 1.39 bits per heavy atom. The Kier molecular flexibility index (Phi) is 3.60. The molecule has 0 amide bonds. The van der Waals surface area contributed by atoms with Crippen molar-refractivity contribution in [2.75, 3.05) is 13.1 Å². The van der Waals surface area contributed by atoms with Crippen LogP contribution in [0, 0.1) is 0 Å². The molecule has 5 rings (SSSR count). The number of piperidine rings is 1. The van der Waals surface area contributed by atoms with Gasteiger partial charge < -0.3 is 14.0 Å². The summed E-state index contributed by atoms with van der Waals surface area (Å²) >= 11 is 0. The fraction of sp³-hybridized carbons (Fsp3) is 0.526. The van der Waals surface area contributed by atoms with Crippen LogP contribution in [0.4, 0.5) is 0 Å². The first-order valence-corrected chi connectivity index (χ1v) is 10.7. The van der Waals surface area contributed by atoms with E-state index in [1.165, 1.54) is 6.07 Å². The first-order valence-electron chi connectivity index (χ1n) is 9.31. The summed E-state index contributed by atoms with van der Waals surface area (Å²) in [7, 11) is -4.75. The largest absolute Gasteiger partial charge is 0.477 e. The summed E-state index contributed by atoms with van der Waals surface area (Å²) in [5.74, 6) is -0.126. The highest BCUT2D eigenvalue weighted by Crippen LogP contribution is 2.64. The van der Waals surface area contributed by atoms with Crippen molar-refractivity contribution in [1.29, 1.82) is 0 Å². The normalized spacial score (nSPS) is 35.9. The molecule has 4 aliphatic rings. The summed E-state index contributed by atoms with van der Waals surface area (Å²) in [6, 6.07) is 2.97. The average molecular weight is 407 g/mol. The molecule has 8 nitrogen and oxygen atoms in total. The minimum absolute atomic E-state index is 0.109. The van der Waals surface area contributed by atoms with E-state index < -0.39 is 27.5 Å². The van der Waals surface area contributed by atoms with Gasteiger partial charge in [-0.2, -0.15) is 8.42 Å². The number of carbonyl (C=O) groups excluding carboxylic acids is 1. The molecule has 2 heterocycles. The standard InChI is InChI=1S/C19H21NO7S/c1-2-8-20-9-7-18-15-11-3-4-13(27-28(23,24)25)16(15)26-17(18)12(21)5-6-19(18,22)14(20)10-11/h2-4,14,17,22H,1,5-10H2,(H,23,24,25)/t14-,17-,18+,19-/m1/s1. The smallest absolute Gasteiger partial charge is 0.446 e. The van der Waals surface area contributed by atoms with Crippen LogP contribution in [0.15, 0.2) is 24.8 Å². The van der Waals surface area contributed by atoms with Crippen LogP contribution >= 0.6 is 0 Å². The van der Waals surface area contributed by atoms with Crippen LogP contribution in [0.25, 0.3) is 0 Å². The molecule has 28 heavy (non-hydrogen) atoms. The Morgan fingerprint density at radius 3 is 2.89 bits per heavy atom. The van der Waals surface area contributed by atoms with Crippen LogP contribution in [0.3, 0.4) is 0 Å². The Hall–Kier alpha value is -1.94. The Morgan fingerprint density at radius 2 is 2.18 bits per heavy atom. The third-order valence-corrected chi connectivity index (χ3v) is 7.30. The van der Waals surface area contributed by atoms with Crippen molar-refractivity contribution in [3.8, 4) is 11.5 Å². The molecule has 2 N–H and O–H groups in total. The molecule has 4 atom stereocenters. The van der Waals surface area contributed by atoms with E-state index in [0.717, 1.165) is 5.56 Å². The van der Waals surface area contributed by atoms with Crippen LogP contribution in [0.1, 0.15) is 30.4 Å². The van der Waals surface area contributed by atoms with Gasteiger partial charge in [0.05, 0.1) is 11.0 Å². The second-order valence-corrected chi connectivity index (χ2v) is 9.07. The number of nitrogens with zero attached hydrogens (tertiary/aromatic N) is 1. The van der Waals surface area contributed by atoms with Gasteiger partial charge in [-0.1, -0.05) is 12.1 Å². The van der Waals surface area contributed by atoms with Crippen LogP contribution in [0.2, 0.25) is 0 Å². The van der Waals surface area contributed by atoms with Gasteiger partial charge in [-0.05, 0) is 30.9 Å². The van der Waals surface area contributed by atoms with Gasteiger partial charge in [-0.25, -0.2) is 0 Å². The number of likely N-dealkylation sites (tertiary alicyclic amines) is 1. The predicted molar refractivity (Wildman–Crippen MR) is 97.8 cm³/mol. The molecule has 2 aliphatic carbocycles. The maximum atomic E-state index is 12.8. The summed E-state index contributed by atoms with van der Waals surface area (Å²) in [4.78, 5) is 15.0. The number of hydrogen-bond acceptors (Lipinski definition) is 7. The number of aliphatic hydroxyl groups is 1. The van der Waals surface area contributed by atoms with Crippen molar-refractivity contribution < 1.29 is 31.8 Å². The maximum absolute atomic E-state index is 12.8. The molecule has 1 saturated carbocycles. The lowest BCUT2D eigenvalue weighted by Crippen LogP contribution is -2.76. The van der Waals surface area contributed by atoms with Crippen LogP contribution < -0.4 is 8.92 Å². The number of hydrogen-bond donors (Lipinski definition) is 2. The summed E-state index contributed by atoms with van der Waals surface area (Å²) in [5, 5.41) is 11.9. The third kappa shape index (κ3) is 2.10. The second-order valence-electron chi connectivity index (χ2n) is 8.05. The lowest BCUT2D eigenvalue weighted by atomic mass is 9.49. The zero-order valence-electron chi connectivity index (χ0n) is 15.1. The van der Waals surface area contributed by atoms with Crippen molar-refractivity contribution >= 4 is 16.2 Å². The quantitative estimate of drug-likeness (QED) is 0.556. The molecule has 0 aromatic heterocycles. The molecule has 1 aromatic carbocycles. The number of rotatable bonds is 4. The fourth-order valence-electron chi connectivity index (χ4n) is 5.97. The van der Waals surface area contributed by atoms with E-state index >= 15 is 0 Å². The Labute approximate surface area is 162 Å². The average Bonchev–Trinajstić information content (AvgIpc) is 2.97. The van der Waals surface area contributed by atoms with E-state index in [9.17, 15) is 18.3 Å². The molecular weight excluding hydrogens is 386 g/mol. The monoisotopic (exact) mass is 407 g/mol. The molecule has 2 fully saturated rings. The van der Waals surface area contributed by atoms with Crippen molar-refractivity contribution in [2.24, 2.45) is 0 Å². The molecule has 2 aliphatic heterocycles. The first kappa shape index (κ1) is 18.1. The van der Waals surface area contributed by atoms with Gasteiger partial charge in [-0.3, -0.25) is 14.2 Å². The van der Waals surface area contributed by atoms with Gasteiger partial charge in [0.2, 0.25) is 0 Å². The lowest BCUT2D eigenvalue weighted by molar-refractivity contribution is -0.187. The summed E-state index contributed by atoms with van der Waals surface area (Å²) < 4.78 is 42.4. The summed E-state index contributed by atoms with van der Waals surface area (Å²) in [6.45, 7) is 5.11. The fourth-order valence-corrected chi connectivity index (χ4v) is 6.32. The second kappa shape index (κ2) is 5.56. The van der Waals surface area contributed by atoms with Crippen LogP contribution in [-0.4, -0.2) is 59.6 Å². The van der Waals surface area contributed by atoms with Crippen LogP contribution in [-0.2, 0) is 27.0 Å². The van der Waals surface area contributed by atoms with E-state index in [2.05, 4.69) is 11.5 Å². The van der Waals surface area contributed by atoms with E-state index in [1.807, 2.05) is 6.08 Å². The molecule has 0 unspecified atom stereocenters. The van der Waals surface area contributed by atoms with E-state index in [4.69, 9.17) is 13.5 Å². The predicted octanol–water partition coefficient (Wildman–Crippen LogP) is 0.777. The summed E-state index contributed by atoms with van der Waals surface area (Å²) in [5.41, 5.74) is -0.560. The number of ketones is 1. The Balaban J connectivity index is 1.75. The van der Waals surface area contributed by atoms with Gasteiger partial charge in [0.1, 0.15) is 0 Å². The van der Waals surface area contributed by atoms with Gasteiger partial charge in [0.25, 0.3) is 0 Å². The highest BCUT2D eigenvalue weighted by Gasteiger charge is 2.73. The van der Waals surface area contributed by atoms with Gasteiger partial charge in [0, 0.05) is 31.1 Å². The molecular formula is C19H21NO7S. The summed E-state index contributed by atoms with van der Waals surface area (Å²) in [6.07, 6.45) is 2.48. The first-order chi connectivity index (χ1) is 13.2. The molecule has 150 valence electrons. The third-order valence-electron chi connectivity index (χ3n) is 6.91. The van der Waals surface area contributed by atoms with Crippen molar-refractivity contribution in [3.63, 3.8) is 0 Å². The number of carbonyl (C=O) groups is 1. The SMILES string of the molecule is C=CCN1CC[C@]23c4c5ccc(OS(=O)(=O)O)c4O[C@@H]2C(=O)CC[C@@]3(O)[C@H]1C5. The topological polar surface area (TPSA) is 113 Å². The van der Waals surface area contributed by atoms with Gasteiger partial charge in [-0.15, -0.1) is 6.58 Å². The van der Waals surface area contributed by atoms with Gasteiger partial charge >= 0.3 is 10.4 Å². The molecule has 9 heteroatoms. The van der Waals surface area contributed by atoms with E-state index in [-0.39, 0.29) is 29.7 Å². The van der Waals surface area contributed by atoms with E-state index in [0.29, 0.717) is 37.9 Å². The van der Waals surface area contributed by atoms with Gasteiger partial charge in [0.15, 0.2) is 23.4 Å². The minimum Gasteiger partial charge on any atom is -0.477 e. The molecule has 1 spiro atoms. The lowest BCUT2D eigenvalue weighted by Gasteiger charge is -2.62. The van der Waals surface area contributed by atoms with Crippen LogP contribution in [0.5, 0.6) is 11.5 Å².